The fourth-order valence-electron chi connectivity index (χ4n) is 1.26. The summed E-state index contributed by atoms with van der Waals surface area (Å²) >= 11 is 5.99. The molecule has 0 spiro atoms. The minimum atomic E-state index is 0.248. The van der Waals surface area contributed by atoms with Crippen LogP contribution in [0.3, 0.4) is 0 Å². The van der Waals surface area contributed by atoms with Crippen LogP contribution in [-0.2, 0) is 0 Å². The molecule has 2 rings (SSSR count). The molecule has 4 heteroatoms. The molecular weight excluding hydrogens is 186 g/mol. The molecule has 0 amide bonds. The molecule has 66 valence electrons. The normalized spacial score (nSPS) is 10.6. The number of aromatic nitrogens is 2. The van der Waals surface area contributed by atoms with Gasteiger partial charge in [0, 0.05) is 11.6 Å². The number of fused-ring (bicyclic) bond motifs is 1. The maximum Gasteiger partial charge on any atom is 0.220 e. The first kappa shape index (κ1) is 8.26. The zero-order chi connectivity index (χ0) is 9.42. The van der Waals surface area contributed by atoms with Crippen LogP contribution in [0, 0.1) is 6.92 Å². The molecule has 0 aliphatic carbocycles. The first-order valence-electron chi connectivity index (χ1n) is 3.85. The van der Waals surface area contributed by atoms with Crippen LogP contribution in [0.2, 0.25) is 5.02 Å². The van der Waals surface area contributed by atoms with Gasteiger partial charge in [0.1, 0.15) is 0 Å². The van der Waals surface area contributed by atoms with Crippen LogP contribution in [0.25, 0.3) is 10.9 Å². The summed E-state index contributed by atoms with van der Waals surface area (Å²) < 4.78 is 0. The quantitative estimate of drug-likeness (QED) is 0.698. The second-order valence-electron chi connectivity index (χ2n) is 2.91. The van der Waals surface area contributed by atoms with Crippen LogP contribution in [0.4, 0.5) is 5.95 Å². The Morgan fingerprint density at radius 1 is 1.38 bits per heavy atom. The summed E-state index contributed by atoms with van der Waals surface area (Å²) in [5.74, 6) is 0.248. The molecule has 1 heterocycles. The molecule has 3 nitrogen and oxygen atoms in total. The SMILES string of the molecule is Cc1cc(Cl)c2nc(N)ncc2c1. The van der Waals surface area contributed by atoms with Gasteiger partial charge < -0.3 is 5.73 Å². The van der Waals surface area contributed by atoms with E-state index >= 15 is 0 Å². The minimum Gasteiger partial charge on any atom is -0.368 e. The number of hydrogen-bond acceptors (Lipinski definition) is 3. The highest BCUT2D eigenvalue weighted by molar-refractivity contribution is 6.35. The third kappa shape index (κ3) is 1.42. The van der Waals surface area contributed by atoms with E-state index in [-0.39, 0.29) is 5.95 Å². The Bertz CT molecular complexity index is 468. The fourth-order valence-corrected chi connectivity index (χ4v) is 1.58. The summed E-state index contributed by atoms with van der Waals surface area (Å²) in [6.07, 6.45) is 1.68. The monoisotopic (exact) mass is 193 g/mol. The van der Waals surface area contributed by atoms with Crippen molar-refractivity contribution in [2.24, 2.45) is 0 Å². The van der Waals surface area contributed by atoms with Gasteiger partial charge in [-0.2, -0.15) is 0 Å². The van der Waals surface area contributed by atoms with Gasteiger partial charge in [-0.15, -0.1) is 0 Å². The summed E-state index contributed by atoms with van der Waals surface area (Å²) in [5.41, 5.74) is 7.25. The van der Waals surface area contributed by atoms with Gasteiger partial charge in [0.2, 0.25) is 5.95 Å². The highest BCUT2D eigenvalue weighted by atomic mass is 35.5. The summed E-state index contributed by atoms with van der Waals surface area (Å²) in [6, 6.07) is 3.83. The van der Waals surface area contributed by atoms with Crippen LogP contribution < -0.4 is 5.73 Å². The predicted octanol–water partition coefficient (Wildman–Crippen LogP) is 2.17. The van der Waals surface area contributed by atoms with E-state index in [1.165, 1.54) is 0 Å². The Balaban J connectivity index is 2.87. The van der Waals surface area contributed by atoms with E-state index in [0.717, 1.165) is 10.9 Å². The Kier molecular flexibility index (Phi) is 1.81. The molecule has 1 aromatic heterocycles. The van der Waals surface area contributed by atoms with Gasteiger partial charge in [0.15, 0.2) is 0 Å². The van der Waals surface area contributed by atoms with E-state index < -0.39 is 0 Å². The molecule has 0 unspecified atom stereocenters. The van der Waals surface area contributed by atoms with Crippen molar-refractivity contribution < 1.29 is 0 Å². The Labute approximate surface area is 80.6 Å². The number of halogens is 1. The minimum absolute atomic E-state index is 0.248. The van der Waals surface area contributed by atoms with E-state index in [4.69, 9.17) is 17.3 Å². The number of rotatable bonds is 0. The van der Waals surface area contributed by atoms with Gasteiger partial charge in [-0.05, 0) is 24.6 Å². The molecule has 2 N–H and O–H groups in total. The topological polar surface area (TPSA) is 51.8 Å². The zero-order valence-corrected chi connectivity index (χ0v) is 7.84. The molecule has 0 saturated heterocycles. The van der Waals surface area contributed by atoms with Gasteiger partial charge >= 0.3 is 0 Å². The van der Waals surface area contributed by atoms with Gasteiger partial charge in [-0.1, -0.05) is 11.6 Å². The third-order valence-electron chi connectivity index (χ3n) is 1.80. The van der Waals surface area contributed by atoms with Gasteiger partial charge in [0.05, 0.1) is 10.5 Å². The number of aryl methyl sites for hydroxylation is 1. The smallest absolute Gasteiger partial charge is 0.220 e. The van der Waals surface area contributed by atoms with E-state index in [1.807, 2.05) is 19.1 Å². The van der Waals surface area contributed by atoms with Crippen LogP contribution in [0.1, 0.15) is 5.56 Å². The molecule has 0 bridgehead atoms. The lowest BCUT2D eigenvalue weighted by atomic mass is 10.2. The first-order valence-corrected chi connectivity index (χ1v) is 4.23. The first-order chi connectivity index (χ1) is 6.16. The van der Waals surface area contributed by atoms with Crippen LogP contribution in [0.15, 0.2) is 18.3 Å². The number of nitrogens with two attached hydrogens (primary N) is 1. The lowest BCUT2D eigenvalue weighted by Gasteiger charge is -2.01. The second-order valence-corrected chi connectivity index (χ2v) is 3.32. The van der Waals surface area contributed by atoms with Crippen molar-refractivity contribution in [2.45, 2.75) is 6.92 Å². The number of nitrogen functional groups attached to an aromatic ring is 1. The fraction of sp³-hybridized carbons (Fsp3) is 0.111. The number of benzene rings is 1. The van der Waals surface area contributed by atoms with Crippen LogP contribution in [-0.4, -0.2) is 9.97 Å². The summed E-state index contributed by atoms with van der Waals surface area (Å²) in [6.45, 7) is 1.97. The molecule has 0 saturated carbocycles. The third-order valence-corrected chi connectivity index (χ3v) is 2.09. The van der Waals surface area contributed by atoms with Crippen molar-refractivity contribution in [1.82, 2.24) is 9.97 Å². The van der Waals surface area contributed by atoms with E-state index in [9.17, 15) is 0 Å². The van der Waals surface area contributed by atoms with Crippen molar-refractivity contribution in [3.8, 4) is 0 Å². The summed E-state index contributed by atoms with van der Waals surface area (Å²) in [5, 5.41) is 1.53. The number of nitrogens with zero attached hydrogens (tertiary/aromatic N) is 2. The molecule has 0 fully saturated rings. The molecule has 0 atom stereocenters. The molecule has 0 radical (unpaired) electrons. The van der Waals surface area contributed by atoms with Crippen LogP contribution in [0.5, 0.6) is 0 Å². The molecular formula is C9H8ClN3. The van der Waals surface area contributed by atoms with Crippen molar-refractivity contribution in [3.05, 3.63) is 28.9 Å². The average Bonchev–Trinajstić information content (AvgIpc) is 2.06. The predicted molar refractivity (Wildman–Crippen MR) is 53.7 cm³/mol. The largest absolute Gasteiger partial charge is 0.368 e. The number of hydrogen-bond donors (Lipinski definition) is 1. The maximum atomic E-state index is 5.99. The highest BCUT2D eigenvalue weighted by Crippen LogP contribution is 2.23. The Morgan fingerprint density at radius 3 is 2.92 bits per heavy atom. The highest BCUT2D eigenvalue weighted by Gasteiger charge is 2.02. The zero-order valence-electron chi connectivity index (χ0n) is 7.08. The van der Waals surface area contributed by atoms with E-state index in [2.05, 4.69) is 9.97 Å². The molecule has 1 aromatic carbocycles. The van der Waals surface area contributed by atoms with Crippen molar-refractivity contribution in [1.29, 1.82) is 0 Å². The lowest BCUT2D eigenvalue weighted by Crippen LogP contribution is -1.94. The van der Waals surface area contributed by atoms with Gasteiger partial charge in [-0.25, -0.2) is 9.97 Å². The molecule has 0 aliphatic heterocycles. The molecule has 2 aromatic rings. The summed E-state index contributed by atoms with van der Waals surface area (Å²) in [4.78, 5) is 7.95. The Hall–Kier alpha value is -1.35. The second kappa shape index (κ2) is 2.85. The van der Waals surface area contributed by atoms with Crippen molar-refractivity contribution in [3.63, 3.8) is 0 Å². The number of anilines is 1. The van der Waals surface area contributed by atoms with E-state index in [0.29, 0.717) is 10.5 Å². The standard InChI is InChI=1S/C9H8ClN3/c1-5-2-6-4-12-9(11)13-8(6)7(10)3-5/h2-4H,1H3,(H2,11,12,13). The Morgan fingerprint density at radius 2 is 2.15 bits per heavy atom. The van der Waals surface area contributed by atoms with Gasteiger partial charge in [-0.3, -0.25) is 0 Å². The summed E-state index contributed by atoms with van der Waals surface area (Å²) in [7, 11) is 0. The van der Waals surface area contributed by atoms with E-state index in [1.54, 1.807) is 6.20 Å². The van der Waals surface area contributed by atoms with Gasteiger partial charge in [0.25, 0.3) is 0 Å². The van der Waals surface area contributed by atoms with Crippen molar-refractivity contribution >= 4 is 28.5 Å². The van der Waals surface area contributed by atoms with Crippen LogP contribution >= 0.6 is 11.6 Å². The lowest BCUT2D eigenvalue weighted by molar-refractivity contribution is 1.24. The molecule has 13 heavy (non-hydrogen) atoms. The average molecular weight is 194 g/mol. The maximum absolute atomic E-state index is 5.99. The molecule has 0 aliphatic rings. The van der Waals surface area contributed by atoms with Crippen molar-refractivity contribution in [2.75, 3.05) is 5.73 Å².